The van der Waals surface area contributed by atoms with Crippen LogP contribution in [0.25, 0.3) is 10.8 Å². The average Bonchev–Trinajstić information content (AvgIpc) is 3.21. The van der Waals surface area contributed by atoms with Crippen molar-refractivity contribution in [2.45, 2.75) is 51.2 Å². The first kappa shape index (κ1) is 23.5. The van der Waals surface area contributed by atoms with Gasteiger partial charge in [-0.05, 0) is 61.9 Å². The number of carboxylic acid groups (broad SMARTS) is 1. The Bertz CT molecular complexity index is 1480. The Morgan fingerprint density at radius 1 is 1.06 bits per heavy atom. The summed E-state index contributed by atoms with van der Waals surface area (Å²) in [4.78, 5) is 47.3. The fourth-order valence-corrected chi connectivity index (χ4v) is 4.98. The molecule has 9 nitrogen and oxygen atoms in total. The van der Waals surface area contributed by atoms with Crippen LogP contribution in [-0.2, 0) is 11.2 Å². The van der Waals surface area contributed by atoms with Crippen molar-refractivity contribution in [3.05, 3.63) is 81.0 Å². The molecular formula is C27H27N5O4. The van der Waals surface area contributed by atoms with Crippen LogP contribution in [0.1, 0.15) is 32.3 Å². The van der Waals surface area contributed by atoms with Gasteiger partial charge in [0.2, 0.25) is 0 Å². The highest BCUT2D eigenvalue weighted by atomic mass is 16.4. The van der Waals surface area contributed by atoms with Gasteiger partial charge in [0.1, 0.15) is 23.2 Å². The molecule has 0 bridgehead atoms. The number of pyridine rings is 2. The minimum atomic E-state index is -1.09. The molecule has 0 saturated carbocycles. The zero-order valence-corrected chi connectivity index (χ0v) is 20.1. The van der Waals surface area contributed by atoms with Crippen LogP contribution < -0.4 is 26.4 Å². The molecule has 1 fully saturated rings. The number of hydrogen-bond acceptors (Lipinski definition) is 8. The molecule has 3 heterocycles. The van der Waals surface area contributed by atoms with Gasteiger partial charge in [0.05, 0.1) is 0 Å². The summed E-state index contributed by atoms with van der Waals surface area (Å²) in [5, 5.41) is 17.9. The van der Waals surface area contributed by atoms with E-state index in [0.29, 0.717) is 11.5 Å². The minimum absolute atomic E-state index is 0.113. The van der Waals surface area contributed by atoms with E-state index in [0.717, 1.165) is 34.9 Å². The predicted molar refractivity (Wildman–Crippen MR) is 140 cm³/mol. The lowest BCUT2D eigenvalue weighted by molar-refractivity contribution is -0.137. The van der Waals surface area contributed by atoms with Gasteiger partial charge in [0, 0.05) is 48.2 Å². The number of carboxylic acids is 1. The lowest BCUT2D eigenvalue weighted by Crippen LogP contribution is -2.48. The fraction of sp³-hybridized carbons (Fsp3) is 0.296. The van der Waals surface area contributed by atoms with Crippen molar-refractivity contribution in [1.82, 2.24) is 9.97 Å². The monoisotopic (exact) mass is 485 g/mol. The van der Waals surface area contributed by atoms with E-state index in [4.69, 9.17) is 0 Å². The molecule has 1 aliphatic heterocycles. The first-order valence-corrected chi connectivity index (χ1v) is 12.0. The Labute approximate surface area is 207 Å². The number of fused-ring (bicyclic) bond motifs is 1. The Balaban J connectivity index is 1.32. The molecule has 2 aromatic carbocycles. The number of hydrogen-bond donors (Lipinski definition) is 3. The van der Waals surface area contributed by atoms with Crippen LogP contribution in [0.3, 0.4) is 0 Å². The normalized spacial score (nSPS) is 18.4. The van der Waals surface area contributed by atoms with E-state index >= 15 is 0 Å². The highest BCUT2D eigenvalue weighted by molar-refractivity contribution is 5.92. The van der Waals surface area contributed by atoms with Crippen LogP contribution in [0, 0.1) is 0 Å². The smallest absolute Gasteiger partial charge is 0.326 e. The third-order valence-corrected chi connectivity index (χ3v) is 6.94. The zero-order chi connectivity index (χ0) is 25.4. The van der Waals surface area contributed by atoms with Crippen molar-refractivity contribution >= 4 is 39.6 Å². The van der Waals surface area contributed by atoms with E-state index in [9.17, 15) is 19.5 Å². The first-order valence-electron chi connectivity index (χ1n) is 12.0. The van der Waals surface area contributed by atoms with Crippen molar-refractivity contribution < 1.29 is 9.90 Å². The van der Waals surface area contributed by atoms with Crippen LogP contribution in [0.4, 0.5) is 22.9 Å². The number of aliphatic carboxylic acids is 1. The molecule has 2 aromatic heterocycles. The third kappa shape index (κ3) is 4.28. The van der Waals surface area contributed by atoms with Gasteiger partial charge in [0.15, 0.2) is 0 Å². The summed E-state index contributed by atoms with van der Waals surface area (Å²) in [6.45, 7) is 4.03. The van der Waals surface area contributed by atoms with Gasteiger partial charge < -0.3 is 20.6 Å². The Kier molecular flexibility index (Phi) is 6.13. The van der Waals surface area contributed by atoms with Crippen molar-refractivity contribution in [1.29, 1.82) is 0 Å². The van der Waals surface area contributed by atoms with E-state index in [-0.39, 0.29) is 24.2 Å². The number of nitrogens with zero attached hydrogens (tertiary/aromatic N) is 3. The topological polar surface area (TPSA) is 125 Å². The van der Waals surface area contributed by atoms with Gasteiger partial charge in [-0.1, -0.05) is 12.1 Å². The van der Waals surface area contributed by atoms with Crippen LogP contribution in [-0.4, -0.2) is 39.2 Å². The molecule has 0 unspecified atom stereocenters. The second-order valence-corrected chi connectivity index (χ2v) is 9.38. The summed E-state index contributed by atoms with van der Waals surface area (Å²) < 4.78 is 0. The maximum absolute atomic E-state index is 12.4. The maximum Gasteiger partial charge on any atom is 0.326 e. The summed E-state index contributed by atoms with van der Waals surface area (Å²) in [5.74, 6) is -0.414. The molecule has 3 N–H and O–H groups in total. The predicted octanol–water partition coefficient (Wildman–Crippen LogP) is 3.45. The summed E-state index contributed by atoms with van der Waals surface area (Å²) in [6, 6.07) is 10.4. The second-order valence-electron chi connectivity index (χ2n) is 9.38. The molecule has 4 aromatic rings. The van der Waals surface area contributed by atoms with E-state index in [2.05, 4.69) is 20.6 Å². The molecule has 0 radical (unpaired) electrons. The summed E-state index contributed by atoms with van der Waals surface area (Å²) in [5.41, 5.74) is 0.803. The summed E-state index contributed by atoms with van der Waals surface area (Å²) in [7, 11) is 0. The van der Waals surface area contributed by atoms with Crippen molar-refractivity contribution in [2.24, 2.45) is 0 Å². The van der Waals surface area contributed by atoms with Gasteiger partial charge in [0.25, 0.3) is 10.9 Å². The number of rotatable bonds is 8. The van der Waals surface area contributed by atoms with Gasteiger partial charge in [-0.25, -0.2) is 9.78 Å². The van der Waals surface area contributed by atoms with Gasteiger partial charge in [-0.3, -0.25) is 14.6 Å². The zero-order valence-electron chi connectivity index (χ0n) is 20.1. The molecule has 1 aliphatic rings. The molecule has 184 valence electrons. The molecule has 3 atom stereocenters. The first-order chi connectivity index (χ1) is 17.3. The van der Waals surface area contributed by atoms with Crippen LogP contribution in [0.2, 0.25) is 0 Å². The van der Waals surface area contributed by atoms with Gasteiger partial charge in [-0.15, -0.1) is 0 Å². The van der Waals surface area contributed by atoms with Crippen LogP contribution >= 0.6 is 0 Å². The summed E-state index contributed by atoms with van der Waals surface area (Å²) >= 11 is 0. The number of aromatic nitrogens is 2. The average molecular weight is 486 g/mol. The van der Waals surface area contributed by atoms with Gasteiger partial charge >= 0.3 is 5.97 Å². The molecule has 0 spiro atoms. The molecule has 36 heavy (non-hydrogen) atoms. The molecule has 0 amide bonds. The van der Waals surface area contributed by atoms with Gasteiger partial charge in [-0.2, -0.15) is 0 Å². The maximum atomic E-state index is 12.4. The van der Waals surface area contributed by atoms with Crippen LogP contribution in [0.15, 0.2) is 64.6 Å². The number of carbonyl (C=O) groups is 1. The van der Waals surface area contributed by atoms with E-state index < -0.39 is 22.9 Å². The fourth-order valence-electron chi connectivity index (χ4n) is 4.98. The molecule has 5 rings (SSSR count). The van der Waals surface area contributed by atoms with Crippen molar-refractivity contribution in [3.8, 4) is 0 Å². The van der Waals surface area contributed by atoms with Crippen LogP contribution in [0.5, 0.6) is 0 Å². The Morgan fingerprint density at radius 2 is 1.75 bits per heavy atom. The third-order valence-electron chi connectivity index (χ3n) is 6.94. The lowest BCUT2D eigenvalue weighted by Gasteiger charge is -2.32. The lowest BCUT2D eigenvalue weighted by atomic mass is 10.0. The molecule has 9 heteroatoms. The van der Waals surface area contributed by atoms with E-state index in [1.807, 2.05) is 55.1 Å². The van der Waals surface area contributed by atoms with E-state index in [1.54, 1.807) is 18.6 Å². The minimum Gasteiger partial charge on any atom is -0.480 e. The largest absolute Gasteiger partial charge is 0.480 e. The SMILES string of the molecule is C[C@H]1CC[C@H](C)N1c1c(N[C@@H](Cc2ccc(Nc3nccc4ccncc34)cc2)C(=O)O)c(=O)c1=O. The second kappa shape index (κ2) is 9.41. The number of nitrogens with one attached hydrogen (secondary N) is 2. The molecule has 0 aliphatic carbocycles. The molecule has 1 saturated heterocycles. The van der Waals surface area contributed by atoms with E-state index in [1.165, 1.54) is 0 Å². The molecular weight excluding hydrogens is 458 g/mol. The van der Waals surface area contributed by atoms with Crippen molar-refractivity contribution in [3.63, 3.8) is 0 Å². The highest BCUT2D eigenvalue weighted by Crippen LogP contribution is 2.33. The Morgan fingerprint density at radius 3 is 2.44 bits per heavy atom. The number of benzene rings is 1. The number of anilines is 4. The summed E-state index contributed by atoms with van der Waals surface area (Å²) in [6.07, 6.45) is 7.20. The van der Waals surface area contributed by atoms with Crippen molar-refractivity contribution in [2.75, 3.05) is 15.5 Å². The highest BCUT2D eigenvalue weighted by Gasteiger charge is 2.36. The quantitative estimate of drug-likeness (QED) is 0.322. The Hall–Kier alpha value is -4.27. The standard InChI is InChI=1S/C27H27N5O4/c1-15-3-4-16(2)32(15)23-22(24(33)25(23)34)31-21(27(35)36)13-17-5-7-19(8-6-17)30-26-20-14-28-11-9-18(20)10-12-29-26/h5-12,14-16,21,31H,3-4,13H2,1-2H3,(H,29,30)(H,35,36)/t15-,16-,21-/m0/s1.